The summed E-state index contributed by atoms with van der Waals surface area (Å²) in [6.07, 6.45) is -4.82. The minimum absolute atomic E-state index is 0.00124. The molecule has 21 heavy (non-hydrogen) atoms. The standard InChI is InChI=1S/C11H10F3N5O2/c1-20-9-4-6(21-11(12,13)14)2-3-7(9)18-19-8(5-15)10(16)17/h2-4,18H,1H3,(H3,16,17)/b19-8+. The van der Waals surface area contributed by atoms with Crippen LogP contribution in [0.2, 0.25) is 0 Å². The highest BCUT2D eigenvalue weighted by atomic mass is 19.4. The number of amidine groups is 1. The Hall–Kier alpha value is -2.96. The van der Waals surface area contributed by atoms with Crippen molar-refractivity contribution in [2.75, 3.05) is 12.5 Å². The zero-order valence-corrected chi connectivity index (χ0v) is 10.7. The normalized spacial score (nSPS) is 11.5. The molecule has 0 aliphatic carbocycles. The third-order valence-electron chi connectivity index (χ3n) is 2.06. The molecule has 0 amide bonds. The number of hydrogen-bond acceptors (Lipinski definition) is 6. The molecule has 0 aliphatic rings. The minimum Gasteiger partial charge on any atom is -0.494 e. The second-order valence-corrected chi connectivity index (χ2v) is 3.51. The van der Waals surface area contributed by atoms with Crippen LogP contribution in [-0.4, -0.2) is 25.0 Å². The molecular weight excluding hydrogens is 291 g/mol. The van der Waals surface area contributed by atoms with Gasteiger partial charge in [-0.1, -0.05) is 0 Å². The van der Waals surface area contributed by atoms with Crippen LogP contribution in [0.5, 0.6) is 11.5 Å². The highest BCUT2D eigenvalue weighted by Gasteiger charge is 2.31. The minimum atomic E-state index is -4.82. The topological polar surface area (TPSA) is 117 Å². The zero-order chi connectivity index (χ0) is 16.0. The van der Waals surface area contributed by atoms with Crippen molar-refractivity contribution in [1.82, 2.24) is 0 Å². The van der Waals surface area contributed by atoms with Crippen LogP contribution in [0.25, 0.3) is 0 Å². The van der Waals surface area contributed by atoms with E-state index in [4.69, 9.17) is 21.1 Å². The zero-order valence-electron chi connectivity index (χ0n) is 10.7. The van der Waals surface area contributed by atoms with E-state index in [0.717, 1.165) is 12.1 Å². The van der Waals surface area contributed by atoms with Crippen molar-refractivity contribution in [2.24, 2.45) is 10.8 Å². The van der Waals surface area contributed by atoms with Crippen LogP contribution in [0.3, 0.4) is 0 Å². The lowest BCUT2D eigenvalue weighted by Gasteiger charge is -2.12. The Balaban J connectivity index is 3.00. The number of ether oxygens (including phenoxy) is 2. The number of hydrazone groups is 1. The summed E-state index contributed by atoms with van der Waals surface area (Å²) in [5.41, 5.74) is 7.24. The van der Waals surface area contributed by atoms with Gasteiger partial charge in [-0.3, -0.25) is 10.8 Å². The number of nitrogens with zero attached hydrogens (tertiary/aromatic N) is 2. The van der Waals surface area contributed by atoms with Gasteiger partial charge in [0.15, 0.2) is 5.84 Å². The Labute approximate surface area is 117 Å². The highest BCUT2D eigenvalue weighted by molar-refractivity contribution is 6.45. The van der Waals surface area contributed by atoms with Crippen molar-refractivity contribution in [3.63, 3.8) is 0 Å². The fourth-order valence-corrected chi connectivity index (χ4v) is 1.22. The number of alkyl halides is 3. The summed E-state index contributed by atoms with van der Waals surface area (Å²) in [7, 11) is 1.23. The van der Waals surface area contributed by atoms with E-state index in [2.05, 4.69) is 15.3 Å². The highest BCUT2D eigenvalue weighted by Crippen LogP contribution is 2.32. The predicted molar refractivity (Wildman–Crippen MR) is 68.3 cm³/mol. The number of nitrogens with one attached hydrogen (secondary N) is 2. The smallest absolute Gasteiger partial charge is 0.494 e. The number of nitriles is 1. The fourth-order valence-electron chi connectivity index (χ4n) is 1.22. The third-order valence-corrected chi connectivity index (χ3v) is 2.06. The average Bonchev–Trinajstić information content (AvgIpc) is 2.38. The van der Waals surface area contributed by atoms with Crippen molar-refractivity contribution < 1.29 is 22.6 Å². The molecule has 0 unspecified atom stereocenters. The van der Waals surface area contributed by atoms with E-state index in [1.54, 1.807) is 6.07 Å². The molecule has 0 heterocycles. The van der Waals surface area contributed by atoms with Crippen LogP contribution in [-0.2, 0) is 0 Å². The molecule has 0 bridgehead atoms. The molecule has 0 saturated heterocycles. The molecule has 112 valence electrons. The summed E-state index contributed by atoms with van der Waals surface area (Å²) in [6.45, 7) is 0. The van der Waals surface area contributed by atoms with Crippen molar-refractivity contribution in [1.29, 1.82) is 10.7 Å². The molecule has 0 fully saturated rings. The van der Waals surface area contributed by atoms with E-state index < -0.39 is 17.9 Å². The van der Waals surface area contributed by atoms with Crippen molar-refractivity contribution in [2.45, 2.75) is 6.36 Å². The lowest BCUT2D eigenvalue weighted by molar-refractivity contribution is -0.274. The average molecular weight is 301 g/mol. The van der Waals surface area contributed by atoms with Gasteiger partial charge in [-0.15, -0.1) is 13.2 Å². The molecule has 4 N–H and O–H groups in total. The van der Waals surface area contributed by atoms with Crippen LogP contribution in [0, 0.1) is 16.7 Å². The van der Waals surface area contributed by atoms with Gasteiger partial charge in [-0.05, 0) is 12.1 Å². The first-order valence-corrected chi connectivity index (χ1v) is 5.29. The number of nitrogens with two attached hydrogens (primary N) is 1. The van der Waals surface area contributed by atoms with Crippen LogP contribution >= 0.6 is 0 Å². The Morgan fingerprint density at radius 1 is 1.48 bits per heavy atom. The second kappa shape index (κ2) is 6.47. The summed E-state index contributed by atoms with van der Waals surface area (Å²) in [4.78, 5) is 0. The van der Waals surface area contributed by atoms with Gasteiger partial charge >= 0.3 is 6.36 Å². The summed E-state index contributed by atoms with van der Waals surface area (Å²) >= 11 is 0. The molecule has 0 spiro atoms. The summed E-state index contributed by atoms with van der Waals surface area (Å²) in [5, 5.41) is 19.2. The summed E-state index contributed by atoms with van der Waals surface area (Å²) in [6, 6.07) is 4.81. The van der Waals surface area contributed by atoms with Crippen molar-refractivity contribution in [3.8, 4) is 17.6 Å². The van der Waals surface area contributed by atoms with E-state index in [0.29, 0.717) is 0 Å². The maximum atomic E-state index is 12.1. The number of hydrogen-bond donors (Lipinski definition) is 3. The molecule has 1 aromatic rings. The molecule has 0 aromatic heterocycles. The van der Waals surface area contributed by atoms with Crippen molar-refractivity contribution >= 4 is 17.2 Å². The Morgan fingerprint density at radius 3 is 2.62 bits per heavy atom. The predicted octanol–water partition coefficient (Wildman–Crippen LogP) is 1.82. The first kappa shape index (κ1) is 16.1. The van der Waals surface area contributed by atoms with E-state index in [9.17, 15) is 13.2 Å². The lowest BCUT2D eigenvalue weighted by atomic mass is 10.3. The molecule has 0 atom stereocenters. The molecule has 1 aromatic carbocycles. The summed E-state index contributed by atoms with van der Waals surface area (Å²) in [5.74, 6) is -1.02. The Morgan fingerprint density at radius 2 is 2.14 bits per heavy atom. The maximum absolute atomic E-state index is 12.1. The first-order valence-electron chi connectivity index (χ1n) is 5.29. The van der Waals surface area contributed by atoms with E-state index >= 15 is 0 Å². The lowest BCUT2D eigenvalue weighted by Crippen LogP contribution is -2.22. The van der Waals surface area contributed by atoms with Crippen LogP contribution in [0.1, 0.15) is 0 Å². The maximum Gasteiger partial charge on any atom is 0.573 e. The third kappa shape index (κ3) is 4.90. The van der Waals surface area contributed by atoms with Gasteiger partial charge in [-0.25, -0.2) is 0 Å². The first-order chi connectivity index (χ1) is 9.76. The quantitative estimate of drug-likeness (QED) is 0.436. The van der Waals surface area contributed by atoms with E-state index in [-0.39, 0.29) is 17.1 Å². The Bertz CT molecular complexity index is 607. The van der Waals surface area contributed by atoms with E-state index in [1.165, 1.54) is 13.2 Å². The van der Waals surface area contributed by atoms with Gasteiger partial charge in [-0.2, -0.15) is 10.4 Å². The van der Waals surface area contributed by atoms with Crippen LogP contribution in [0.4, 0.5) is 18.9 Å². The molecule has 7 nitrogen and oxygen atoms in total. The number of methoxy groups -OCH3 is 1. The van der Waals surface area contributed by atoms with E-state index in [1.807, 2.05) is 0 Å². The van der Waals surface area contributed by atoms with Gasteiger partial charge in [0.2, 0.25) is 5.71 Å². The Kier molecular flexibility index (Phi) is 4.96. The fraction of sp³-hybridized carbons (Fsp3) is 0.182. The molecular formula is C11H10F3N5O2. The molecule has 0 aliphatic heterocycles. The largest absolute Gasteiger partial charge is 0.573 e. The second-order valence-electron chi connectivity index (χ2n) is 3.51. The SMILES string of the molecule is COc1cc(OC(F)(F)F)ccc1N/N=C(\C#N)C(=N)N. The van der Waals surface area contributed by atoms with Crippen LogP contribution in [0.15, 0.2) is 23.3 Å². The number of halogens is 3. The molecule has 0 saturated carbocycles. The summed E-state index contributed by atoms with van der Waals surface area (Å²) < 4.78 is 44.9. The number of benzene rings is 1. The number of anilines is 1. The van der Waals surface area contributed by atoms with Crippen molar-refractivity contribution in [3.05, 3.63) is 18.2 Å². The van der Waals surface area contributed by atoms with Gasteiger partial charge in [0.1, 0.15) is 17.6 Å². The van der Waals surface area contributed by atoms with Gasteiger partial charge in [0.25, 0.3) is 0 Å². The molecule has 1 rings (SSSR count). The van der Waals surface area contributed by atoms with Gasteiger partial charge < -0.3 is 15.2 Å². The molecule has 10 heteroatoms. The molecule has 0 radical (unpaired) electrons. The number of rotatable bonds is 5. The van der Waals surface area contributed by atoms with Crippen LogP contribution < -0.4 is 20.6 Å². The monoisotopic (exact) mass is 301 g/mol. The van der Waals surface area contributed by atoms with Gasteiger partial charge in [0, 0.05) is 6.07 Å². The van der Waals surface area contributed by atoms with Gasteiger partial charge in [0.05, 0.1) is 12.8 Å².